The van der Waals surface area contributed by atoms with Gasteiger partial charge < -0.3 is 10.4 Å². The summed E-state index contributed by atoms with van der Waals surface area (Å²) in [4.78, 5) is 11.5. The first-order chi connectivity index (χ1) is 7.13. The van der Waals surface area contributed by atoms with Crippen LogP contribution in [-0.4, -0.2) is 23.7 Å². The van der Waals surface area contributed by atoms with Crippen molar-refractivity contribution in [2.45, 2.75) is 26.4 Å². The van der Waals surface area contributed by atoms with Gasteiger partial charge in [0.1, 0.15) is 0 Å². The second-order valence-corrected chi connectivity index (χ2v) is 3.61. The number of benzene rings is 1. The van der Waals surface area contributed by atoms with Crippen molar-refractivity contribution >= 4 is 5.91 Å². The van der Waals surface area contributed by atoms with Crippen LogP contribution in [0.4, 0.5) is 0 Å². The molecule has 1 aromatic carbocycles. The molecule has 1 aromatic rings. The minimum absolute atomic E-state index is 0.0649. The summed E-state index contributed by atoms with van der Waals surface area (Å²) in [5.74, 6) is -0.0649. The van der Waals surface area contributed by atoms with Crippen LogP contribution < -0.4 is 5.32 Å². The molecule has 0 heterocycles. The van der Waals surface area contributed by atoms with Gasteiger partial charge >= 0.3 is 0 Å². The topological polar surface area (TPSA) is 49.3 Å². The van der Waals surface area contributed by atoms with Gasteiger partial charge in [-0.15, -0.1) is 0 Å². The van der Waals surface area contributed by atoms with E-state index in [2.05, 4.69) is 5.32 Å². The summed E-state index contributed by atoms with van der Waals surface area (Å²) in [6.07, 6.45) is 0.197. The van der Waals surface area contributed by atoms with E-state index in [0.717, 1.165) is 5.56 Å². The van der Waals surface area contributed by atoms with E-state index < -0.39 is 0 Å². The smallest absolute Gasteiger partial charge is 0.251 e. The van der Waals surface area contributed by atoms with E-state index in [1.807, 2.05) is 25.1 Å². The second kappa shape index (κ2) is 5.51. The summed E-state index contributed by atoms with van der Waals surface area (Å²) >= 11 is 0. The summed E-state index contributed by atoms with van der Waals surface area (Å²) in [6.45, 7) is 4.25. The Labute approximate surface area is 90.1 Å². The lowest BCUT2D eigenvalue weighted by Crippen LogP contribution is -2.22. The minimum atomic E-state index is -0.380. The molecule has 0 fully saturated rings. The number of carbonyl (C=O) groups excluding carboxylic acids is 1. The molecule has 0 aromatic heterocycles. The number of hydrogen-bond acceptors (Lipinski definition) is 2. The molecule has 3 nitrogen and oxygen atoms in total. The molecule has 15 heavy (non-hydrogen) atoms. The van der Waals surface area contributed by atoms with E-state index in [1.165, 1.54) is 0 Å². The quantitative estimate of drug-likeness (QED) is 0.783. The first kappa shape index (κ1) is 11.7. The highest BCUT2D eigenvalue weighted by atomic mass is 16.3. The average Bonchev–Trinajstić information content (AvgIpc) is 2.17. The van der Waals surface area contributed by atoms with E-state index in [0.29, 0.717) is 18.5 Å². The molecule has 0 saturated heterocycles. The molecule has 0 spiro atoms. The molecule has 0 saturated carbocycles. The van der Waals surface area contributed by atoms with Crippen molar-refractivity contribution in [3.05, 3.63) is 35.4 Å². The van der Waals surface area contributed by atoms with Crippen molar-refractivity contribution in [1.29, 1.82) is 0 Å². The summed E-state index contributed by atoms with van der Waals surface area (Å²) < 4.78 is 0. The van der Waals surface area contributed by atoms with Gasteiger partial charge in [-0.05, 0) is 38.0 Å². The Morgan fingerprint density at radius 1 is 1.53 bits per heavy atom. The van der Waals surface area contributed by atoms with Crippen molar-refractivity contribution in [1.82, 2.24) is 5.32 Å². The lowest BCUT2D eigenvalue weighted by atomic mass is 10.1. The maximum Gasteiger partial charge on any atom is 0.251 e. The lowest BCUT2D eigenvalue weighted by Gasteiger charge is -2.06. The Kier molecular flexibility index (Phi) is 4.31. The highest BCUT2D eigenvalue weighted by molar-refractivity contribution is 5.94. The van der Waals surface area contributed by atoms with Crippen LogP contribution in [0.5, 0.6) is 0 Å². The van der Waals surface area contributed by atoms with Gasteiger partial charge in [0, 0.05) is 12.1 Å². The first-order valence-electron chi connectivity index (χ1n) is 5.18. The maximum absolute atomic E-state index is 11.5. The van der Waals surface area contributed by atoms with Gasteiger partial charge in [0.05, 0.1) is 6.10 Å². The van der Waals surface area contributed by atoms with E-state index in [1.54, 1.807) is 13.0 Å². The second-order valence-electron chi connectivity index (χ2n) is 3.61. The van der Waals surface area contributed by atoms with Crippen LogP contribution in [0.3, 0.4) is 0 Å². The predicted octanol–water partition coefficient (Wildman–Crippen LogP) is 1.36. The molecule has 1 amide bonds. The number of rotatable bonds is 4. The van der Waals surface area contributed by atoms with Crippen molar-refractivity contribution < 1.29 is 9.90 Å². The van der Waals surface area contributed by atoms with E-state index >= 15 is 0 Å². The van der Waals surface area contributed by atoms with Gasteiger partial charge in [0.2, 0.25) is 0 Å². The number of aliphatic hydroxyl groups is 1. The van der Waals surface area contributed by atoms with E-state index in [9.17, 15) is 9.90 Å². The Hall–Kier alpha value is -1.35. The summed E-state index contributed by atoms with van der Waals surface area (Å²) in [5.41, 5.74) is 1.63. The van der Waals surface area contributed by atoms with Gasteiger partial charge in [-0.1, -0.05) is 12.1 Å². The van der Waals surface area contributed by atoms with Crippen LogP contribution in [-0.2, 0) is 6.42 Å². The molecule has 0 bridgehead atoms. The van der Waals surface area contributed by atoms with Crippen molar-refractivity contribution in [3.63, 3.8) is 0 Å². The summed E-state index contributed by atoms with van der Waals surface area (Å²) in [7, 11) is 0. The van der Waals surface area contributed by atoms with Gasteiger partial charge in [-0.3, -0.25) is 4.79 Å². The minimum Gasteiger partial charge on any atom is -0.393 e. The normalized spacial score (nSPS) is 12.2. The number of amides is 1. The fraction of sp³-hybridized carbons (Fsp3) is 0.417. The molecule has 2 N–H and O–H groups in total. The Balaban J connectivity index is 2.78. The summed E-state index contributed by atoms with van der Waals surface area (Å²) in [6, 6.07) is 7.34. The average molecular weight is 207 g/mol. The molecule has 0 aliphatic heterocycles. The number of carbonyl (C=O) groups is 1. The van der Waals surface area contributed by atoms with Crippen molar-refractivity contribution in [2.24, 2.45) is 0 Å². The number of nitrogens with one attached hydrogen (secondary N) is 1. The number of hydrogen-bond donors (Lipinski definition) is 2. The maximum atomic E-state index is 11.5. The van der Waals surface area contributed by atoms with E-state index in [4.69, 9.17) is 0 Å². The van der Waals surface area contributed by atoms with Gasteiger partial charge in [-0.25, -0.2) is 0 Å². The third kappa shape index (κ3) is 3.72. The first-order valence-corrected chi connectivity index (χ1v) is 5.18. The van der Waals surface area contributed by atoms with E-state index in [-0.39, 0.29) is 12.0 Å². The molecule has 1 rings (SSSR count). The standard InChI is InChI=1S/C12H17NO2/c1-3-13-12(15)11-6-4-5-10(8-11)7-9(2)14/h4-6,8-9,14H,3,7H2,1-2H3,(H,13,15)/t9-/m0/s1. The molecule has 0 radical (unpaired) electrons. The SMILES string of the molecule is CCNC(=O)c1cccc(C[C@H](C)O)c1. The van der Waals surface area contributed by atoms with Crippen LogP contribution in [0.25, 0.3) is 0 Å². The molecular formula is C12H17NO2. The fourth-order valence-corrected chi connectivity index (χ4v) is 1.44. The summed E-state index contributed by atoms with van der Waals surface area (Å²) in [5, 5.41) is 12.0. The largest absolute Gasteiger partial charge is 0.393 e. The third-order valence-electron chi connectivity index (χ3n) is 2.06. The molecule has 3 heteroatoms. The van der Waals surface area contributed by atoms with Crippen molar-refractivity contribution in [3.8, 4) is 0 Å². The molecular weight excluding hydrogens is 190 g/mol. The highest BCUT2D eigenvalue weighted by Crippen LogP contribution is 2.07. The predicted molar refractivity (Wildman–Crippen MR) is 59.8 cm³/mol. The zero-order chi connectivity index (χ0) is 11.3. The fourth-order valence-electron chi connectivity index (χ4n) is 1.44. The molecule has 0 aliphatic carbocycles. The number of aliphatic hydroxyl groups excluding tert-OH is 1. The van der Waals surface area contributed by atoms with Crippen LogP contribution in [0, 0.1) is 0 Å². The Bertz CT molecular complexity index is 334. The molecule has 0 unspecified atom stereocenters. The highest BCUT2D eigenvalue weighted by Gasteiger charge is 2.05. The van der Waals surface area contributed by atoms with Crippen molar-refractivity contribution in [2.75, 3.05) is 6.54 Å². The zero-order valence-electron chi connectivity index (χ0n) is 9.16. The Morgan fingerprint density at radius 2 is 2.27 bits per heavy atom. The molecule has 82 valence electrons. The van der Waals surface area contributed by atoms with Gasteiger partial charge in [0.15, 0.2) is 0 Å². The van der Waals surface area contributed by atoms with Crippen LogP contribution in [0.1, 0.15) is 29.8 Å². The van der Waals surface area contributed by atoms with Crippen LogP contribution in [0.2, 0.25) is 0 Å². The lowest BCUT2D eigenvalue weighted by molar-refractivity contribution is 0.0955. The zero-order valence-corrected chi connectivity index (χ0v) is 9.16. The van der Waals surface area contributed by atoms with Crippen LogP contribution >= 0.6 is 0 Å². The third-order valence-corrected chi connectivity index (χ3v) is 2.06. The Morgan fingerprint density at radius 3 is 2.87 bits per heavy atom. The molecule has 1 atom stereocenters. The van der Waals surface area contributed by atoms with Gasteiger partial charge in [-0.2, -0.15) is 0 Å². The van der Waals surface area contributed by atoms with Gasteiger partial charge in [0.25, 0.3) is 5.91 Å². The monoisotopic (exact) mass is 207 g/mol. The van der Waals surface area contributed by atoms with Crippen LogP contribution in [0.15, 0.2) is 24.3 Å². The molecule has 0 aliphatic rings.